The first-order valence-corrected chi connectivity index (χ1v) is 8.43. The lowest BCUT2D eigenvalue weighted by atomic mass is 9.83. The maximum atomic E-state index is 13.4. The summed E-state index contributed by atoms with van der Waals surface area (Å²) in [4.78, 5) is 0. The van der Waals surface area contributed by atoms with Crippen molar-refractivity contribution in [3.8, 4) is 6.07 Å². The molecule has 1 rings (SSSR count). The maximum Gasteiger partial charge on any atom is 0.212 e. The van der Waals surface area contributed by atoms with Gasteiger partial charge in [-0.2, -0.15) is 5.26 Å². The number of benzene rings is 1. The topological polar surface area (TPSA) is 70.0 Å². The van der Waals surface area contributed by atoms with E-state index < -0.39 is 27.3 Å². The predicted octanol–water partition coefficient (Wildman–Crippen LogP) is 3.14. The van der Waals surface area contributed by atoms with Crippen LogP contribution in [0.3, 0.4) is 0 Å². The zero-order valence-corrected chi connectivity index (χ0v) is 13.4. The lowest BCUT2D eigenvalue weighted by molar-refractivity contribution is 0.303. The van der Waals surface area contributed by atoms with Gasteiger partial charge in [0.25, 0.3) is 0 Å². The Hall–Kier alpha value is -1.45. The molecule has 1 aromatic carbocycles. The fraction of sp³-hybridized carbons (Fsp3) is 0.533. The van der Waals surface area contributed by atoms with Crippen molar-refractivity contribution in [1.29, 1.82) is 5.26 Å². The van der Waals surface area contributed by atoms with E-state index in [0.29, 0.717) is 5.56 Å². The normalized spacial score (nSPS) is 13.7. The number of hydrogen-bond acceptors (Lipinski definition) is 3. The van der Waals surface area contributed by atoms with Crippen LogP contribution in [0.4, 0.5) is 4.39 Å². The minimum atomic E-state index is -3.52. The van der Waals surface area contributed by atoms with Crippen LogP contribution < -0.4 is 4.72 Å². The molecule has 0 fully saturated rings. The van der Waals surface area contributed by atoms with Gasteiger partial charge in [-0.05, 0) is 29.5 Å². The molecule has 0 saturated heterocycles. The summed E-state index contributed by atoms with van der Waals surface area (Å²) in [5.74, 6) is -0.506. The third-order valence-corrected chi connectivity index (χ3v) is 4.47. The van der Waals surface area contributed by atoms with Gasteiger partial charge in [0.2, 0.25) is 10.0 Å². The standard InChI is InChI=1S/C15H21FN2O2S/c1-15(2,3)14(12-7-6-8-13(16)11-12)18-21(19,20)10-5-4-9-17/h6-8,11,14,18H,4-5,10H2,1-3H3/t14-/m0/s1. The number of nitrogens with zero attached hydrogens (tertiary/aromatic N) is 1. The largest absolute Gasteiger partial charge is 0.212 e. The highest BCUT2D eigenvalue weighted by Gasteiger charge is 2.30. The van der Waals surface area contributed by atoms with Gasteiger partial charge in [0.15, 0.2) is 0 Å². The maximum absolute atomic E-state index is 13.4. The van der Waals surface area contributed by atoms with Crippen LogP contribution in [0.25, 0.3) is 0 Å². The Labute approximate surface area is 126 Å². The lowest BCUT2D eigenvalue weighted by Gasteiger charge is -2.31. The van der Waals surface area contributed by atoms with Crippen molar-refractivity contribution in [3.63, 3.8) is 0 Å². The molecule has 1 N–H and O–H groups in total. The molecule has 0 amide bonds. The summed E-state index contributed by atoms with van der Waals surface area (Å²) in [5.41, 5.74) is 0.183. The van der Waals surface area contributed by atoms with Crippen molar-refractivity contribution < 1.29 is 12.8 Å². The van der Waals surface area contributed by atoms with E-state index in [0.717, 1.165) is 0 Å². The van der Waals surface area contributed by atoms with E-state index in [2.05, 4.69) is 4.72 Å². The van der Waals surface area contributed by atoms with Crippen molar-refractivity contribution in [3.05, 3.63) is 35.6 Å². The smallest absolute Gasteiger partial charge is 0.212 e. The quantitative estimate of drug-likeness (QED) is 0.820. The van der Waals surface area contributed by atoms with Gasteiger partial charge in [0.05, 0.1) is 17.9 Å². The molecule has 0 aliphatic heterocycles. The molecule has 0 heterocycles. The molecule has 0 aromatic heterocycles. The number of unbranched alkanes of at least 4 members (excludes halogenated alkanes) is 1. The molecule has 0 aliphatic carbocycles. The third-order valence-electron chi connectivity index (χ3n) is 3.05. The second kappa shape index (κ2) is 7.01. The average molecular weight is 312 g/mol. The molecule has 0 radical (unpaired) electrons. The second-order valence-corrected chi connectivity index (χ2v) is 7.93. The van der Waals surface area contributed by atoms with Crippen molar-refractivity contribution >= 4 is 10.0 Å². The van der Waals surface area contributed by atoms with E-state index in [4.69, 9.17) is 5.26 Å². The Morgan fingerprint density at radius 2 is 2.05 bits per heavy atom. The first kappa shape index (κ1) is 17.6. The molecule has 21 heavy (non-hydrogen) atoms. The summed E-state index contributed by atoms with van der Waals surface area (Å²) in [7, 11) is -3.52. The molecular weight excluding hydrogens is 291 g/mol. The summed E-state index contributed by atoms with van der Waals surface area (Å²) < 4.78 is 40.2. The zero-order chi connectivity index (χ0) is 16.1. The van der Waals surface area contributed by atoms with Crippen LogP contribution >= 0.6 is 0 Å². The predicted molar refractivity (Wildman–Crippen MR) is 80.4 cm³/mol. The molecule has 6 heteroatoms. The number of hydrogen-bond donors (Lipinski definition) is 1. The summed E-state index contributed by atoms with van der Waals surface area (Å²) in [6.07, 6.45) is 0.479. The zero-order valence-electron chi connectivity index (χ0n) is 12.6. The summed E-state index contributed by atoms with van der Waals surface area (Å²) >= 11 is 0. The first-order chi connectivity index (χ1) is 9.65. The van der Waals surface area contributed by atoms with Crippen LogP contribution in [0.1, 0.15) is 45.2 Å². The van der Waals surface area contributed by atoms with Crippen LogP contribution in [0.5, 0.6) is 0 Å². The van der Waals surface area contributed by atoms with Gasteiger partial charge in [-0.25, -0.2) is 17.5 Å². The average Bonchev–Trinajstić information content (AvgIpc) is 2.35. The Morgan fingerprint density at radius 3 is 2.57 bits per heavy atom. The van der Waals surface area contributed by atoms with Crippen LogP contribution in [0.2, 0.25) is 0 Å². The second-order valence-electron chi connectivity index (χ2n) is 6.05. The molecule has 1 atom stereocenters. The van der Waals surface area contributed by atoms with Crippen LogP contribution in [0, 0.1) is 22.6 Å². The Kier molecular flexibility index (Phi) is 5.87. The molecular formula is C15H21FN2O2S. The number of halogens is 1. The molecule has 0 spiro atoms. The van der Waals surface area contributed by atoms with Gasteiger partial charge in [0, 0.05) is 6.42 Å². The highest BCUT2D eigenvalue weighted by molar-refractivity contribution is 7.89. The summed E-state index contributed by atoms with van der Waals surface area (Å²) in [6.45, 7) is 5.67. The van der Waals surface area contributed by atoms with Crippen molar-refractivity contribution in [2.75, 3.05) is 5.75 Å². The third kappa shape index (κ3) is 5.82. The van der Waals surface area contributed by atoms with Crippen molar-refractivity contribution in [1.82, 2.24) is 4.72 Å². The van der Waals surface area contributed by atoms with Gasteiger partial charge in [-0.15, -0.1) is 0 Å². The summed E-state index contributed by atoms with van der Waals surface area (Å²) in [6, 6.07) is 7.33. The number of nitrogens with one attached hydrogen (secondary N) is 1. The molecule has 0 bridgehead atoms. The van der Waals surface area contributed by atoms with E-state index in [1.54, 1.807) is 12.1 Å². The van der Waals surface area contributed by atoms with Crippen LogP contribution in [-0.2, 0) is 10.0 Å². The monoisotopic (exact) mass is 312 g/mol. The highest BCUT2D eigenvalue weighted by atomic mass is 32.2. The van der Waals surface area contributed by atoms with Crippen molar-refractivity contribution in [2.24, 2.45) is 5.41 Å². The fourth-order valence-corrected chi connectivity index (χ4v) is 3.50. The van der Waals surface area contributed by atoms with Crippen LogP contribution in [-0.4, -0.2) is 14.2 Å². The molecule has 4 nitrogen and oxygen atoms in total. The Bertz CT molecular complexity index is 615. The minimum Gasteiger partial charge on any atom is -0.212 e. The Balaban J connectivity index is 2.98. The molecule has 0 aliphatic rings. The SMILES string of the molecule is CC(C)(C)[C@@H](NS(=O)(=O)CCCC#N)c1cccc(F)c1. The number of sulfonamides is 1. The van der Waals surface area contributed by atoms with Crippen molar-refractivity contribution in [2.45, 2.75) is 39.7 Å². The van der Waals surface area contributed by atoms with Gasteiger partial charge < -0.3 is 0 Å². The molecule has 0 saturated carbocycles. The van der Waals surface area contributed by atoms with Gasteiger partial charge >= 0.3 is 0 Å². The Morgan fingerprint density at radius 1 is 1.38 bits per heavy atom. The van der Waals surface area contributed by atoms with E-state index in [1.807, 2.05) is 26.8 Å². The number of nitriles is 1. The van der Waals surface area contributed by atoms with E-state index in [1.165, 1.54) is 12.1 Å². The lowest BCUT2D eigenvalue weighted by Crippen LogP contribution is -2.37. The fourth-order valence-electron chi connectivity index (χ4n) is 2.01. The van der Waals surface area contributed by atoms with Crippen LogP contribution in [0.15, 0.2) is 24.3 Å². The molecule has 116 valence electrons. The van der Waals surface area contributed by atoms with E-state index >= 15 is 0 Å². The number of rotatable bonds is 6. The van der Waals surface area contributed by atoms with E-state index in [9.17, 15) is 12.8 Å². The van der Waals surface area contributed by atoms with Gasteiger partial charge in [0.1, 0.15) is 5.82 Å². The van der Waals surface area contributed by atoms with Gasteiger partial charge in [-0.3, -0.25) is 0 Å². The molecule has 0 unspecified atom stereocenters. The minimum absolute atomic E-state index is 0.109. The van der Waals surface area contributed by atoms with E-state index in [-0.39, 0.29) is 18.6 Å². The van der Waals surface area contributed by atoms with Gasteiger partial charge in [-0.1, -0.05) is 32.9 Å². The summed E-state index contributed by atoms with van der Waals surface area (Å²) in [5, 5.41) is 8.48. The first-order valence-electron chi connectivity index (χ1n) is 6.78. The molecule has 1 aromatic rings. The highest BCUT2D eigenvalue weighted by Crippen LogP contribution is 2.33.